The Morgan fingerprint density at radius 1 is 0.727 bits per heavy atom. The zero-order valence-electron chi connectivity index (χ0n) is 13.3. The topological polar surface area (TPSA) is 42.5 Å². The van der Waals surface area contributed by atoms with Crippen LogP contribution in [0.3, 0.4) is 0 Å². The van der Waals surface area contributed by atoms with Crippen LogP contribution in [0, 0.1) is 13.8 Å². The van der Waals surface area contributed by atoms with Gasteiger partial charge in [0.2, 0.25) is 11.4 Å². The van der Waals surface area contributed by atoms with Gasteiger partial charge in [0.15, 0.2) is 0 Å². The molecule has 2 aromatic carbocycles. The molecule has 0 aliphatic carbocycles. The lowest BCUT2D eigenvalue weighted by Crippen LogP contribution is -2.63. The fraction of sp³-hybridized carbons (Fsp3) is 0.333. The van der Waals surface area contributed by atoms with Crippen molar-refractivity contribution < 1.29 is 9.47 Å². The van der Waals surface area contributed by atoms with Gasteiger partial charge in [0.05, 0.1) is 11.4 Å². The number of benzene rings is 2. The van der Waals surface area contributed by atoms with E-state index in [2.05, 4.69) is 36.6 Å². The maximum absolute atomic E-state index is 6.23. The molecule has 2 aliphatic rings. The number of aryl methyl sites for hydroxylation is 2. The van der Waals surface area contributed by atoms with Crippen LogP contribution in [-0.2, 0) is 0 Å². The SMILES string of the molecule is Cc1cccc2c1NC(C)(C1(C)Nc3c(C)cccc3O1)O2. The minimum Gasteiger partial charge on any atom is -0.460 e. The van der Waals surface area contributed by atoms with Crippen molar-refractivity contribution in [2.45, 2.75) is 39.1 Å². The van der Waals surface area contributed by atoms with E-state index in [9.17, 15) is 0 Å². The Labute approximate surface area is 130 Å². The summed E-state index contributed by atoms with van der Waals surface area (Å²) in [5.41, 5.74) is 2.99. The second-order valence-electron chi connectivity index (χ2n) is 6.42. The third-order valence-electron chi connectivity index (χ3n) is 4.73. The number of hydrogen-bond acceptors (Lipinski definition) is 4. The molecule has 2 aliphatic heterocycles. The van der Waals surface area contributed by atoms with Crippen molar-refractivity contribution in [1.82, 2.24) is 0 Å². The molecule has 0 fully saturated rings. The summed E-state index contributed by atoms with van der Waals surface area (Å²) in [5, 5.41) is 7.01. The normalized spacial score (nSPS) is 28.0. The van der Waals surface area contributed by atoms with Crippen LogP contribution in [0.4, 0.5) is 11.4 Å². The summed E-state index contributed by atoms with van der Waals surface area (Å²) in [6, 6.07) is 12.1. The minimum atomic E-state index is -0.701. The molecule has 22 heavy (non-hydrogen) atoms. The van der Waals surface area contributed by atoms with E-state index >= 15 is 0 Å². The highest BCUT2D eigenvalue weighted by Gasteiger charge is 2.56. The number of ether oxygens (including phenoxy) is 2. The van der Waals surface area contributed by atoms with Gasteiger partial charge in [-0.3, -0.25) is 0 Å². The van der Waals surface area contributed by atoms with Gasteiger partial charge in [-0.1, -0.05) is 24.3 Å². The summed E-state index contributed by atoms with van der Waals surface area (Å²) in [6.07, 6.45) is 0. The molecule has 0 spiro atoms. The molecular formula is C18H20N2O2. The molecule has 2 atom stereocenters. The van der Waals surface area contributed by atoms with E-state index in [-0.39, 0.29) is 0 Å². The average molecular weight is 296 g/mol. The lowest BCUT2D eigenvalue weighted by molar-refractivity contribution is -0.0413. The molecule has 0 saturated carbocycles. The van der Waals surface area contributed by atoms with Gasteiger partial charge in [-0.05, 0) is 37.1 Å². The first kappa shape index (κ1) is 13.3. The molecule has 2 heterocycles. The summed E-state index contributed by atoms with van der Waals surface area (Å²) in [5.74, 6) is 1.73. The Balaban J connectivity index is 1.72. The maximum atomic E-state index is 6.23. The van der Waals surface area contributed by atoms with E-state index in [0.717, 1.165) is 34.0 Å². The Morgan fingerprint density at radius 2 is 1.14 bits per heavy atom. The number of hydrogen-bond donors (Lipinski definition) is 2. The van der Waals surface area contributed by atoms with Gasteiger partial charge in [0.25, 0.3) is 0 Å². The predicted octanol–water partition coefficient (Wildman–Crippen LogP) is 4.04. The van der Waals surface area contributed by atoms with Crippen molar-refractivity contribution in [2.24, 2.45) is 0 Å². The molecule has 2 aromatic rings. The highest BCUT2D eigenvalue weighted by atomic mass is 16.6. The van der Waals surface area contributed by atoms with Crippen molar-refractivity contribution in [3.8, 4) is 11.5 Å². The summed E-state index contributed by atoms with van der Waals surface area (Å²) in [4.78, 5) is 0. The average Bonchev–Trinajstić information content (AvgIpc) is 3.00. The Bertz CT molecular complexity index is 708. The second kappa shape index (κ2) is 4.09. The summed E-state index contributed by atoms with van der Waals surface area (Å²) < 4.78 is 12.5. The number of para-hydroxylation sites is 2. The van der Waals surface area contributed by atoms with Gasteiger partial charge in [0, 0.05) is 13.8 Å². The van der Waals surface area contributed by atoms with Crippen LogP contribution >= 0.6 is 0 Å². The van der Waals surface area contributed by atoms with Gasteiger partial charge in [-0.25, -0.2) is 0 Å². The van der Waals surface area contributed by atoms with Crippen LogP contribution < -0.4 is 20.1 Å². The highest BCUT2D eigenvalue weighted by molar-refractivity contribution is 5.70. The van der Waals surface area contributed by atoms with Crippen molar-refractivity contribution >= 4 is 11.4 Å². The monoisotopic (exact) mass is 296 g/mol. The lowest BCUT2D eigenvalue weighted by atomic mass is 10.0. The molecule has 0 aromatic heterocycles. The Kier molecular flexibility index (Phi) is 2.48. The molecule has 0 saturated heterocycles. The van der Waals surface area contributed by atoms with E-state index in [0.29, 0.717) is 0 Å². The molecular weight excluding hydrogens is 276 g/mol. The van der Waals surface area contributed by atoms with Gasteiger partial charge in [0.1, 0.15) is 11.5 Å². The second-order valence-corrected chi connectivity index (χ2v) is 6.42. The van der Waals surface area contributed by atoms with E-state index in [1.807, 2.05) is 38.1 Å². The molecule has 4 nitrogen and oxygen atoms in total. The van der Waals surface area contributed by atoms with E-state index in [4.69, 9.17) is 9.47 Å². The van der Waals surface area contributed by atoms with Gasteiger partial charge in [-0.2, -0.15) is 0 Å². The van der Waals surface area contributed by atoms with Crippen molar-refractivity contribution in [3.05, 3.63) is 47.5 Å². The first-order valence-corrected chi connectivity index (χ1v) is 7.55. The molecule has 0 radical (unpaired) electrons. The fourth-order valence-corrected chi connectivity index (χ4v) is 3.17. The molecule has 2 unspecified atom stereocenters. The number of fused-ring (bicyclic) bond motifs is 2. The summed E-state index contributed by atoms with van der Waals surface area (Å²) in [7, 11) is 0. The summed E-state index contributed by atoms with van der Waals surface area (Å²) in [6.45, 7) is 8.18. The molecule has 4 rings (SSSR count). The smallest absolute Gasteiger partial charge is 0.236 e. The standard InChI is InChI=1S/C18H20N2O2/c1-11-7-5-9-13-15(11)19-17(3,21-13)18(4)20-16-12(2)8-6-10-14(16)22-18/h5-10,19-20H,1-4H3. The van der Waals surface area contributed by atoms with Crippen LogP contribution in [0.5, 0.6) is 11.5 Å². The van der Waals surface area contributed by atoms with Gasteiger partial charge >= 0.3 is 0 Å². The van der Waals surface area contributed by atoms with Crippen LogP contribution in [0.15, 0.2) is 36.4 Å². The Hall–Kier alpha value is -2.36. The van der Waals surface area contributed by atoms with Crippen LogP contribution in [0.1, 0.15) is 25.0 Å². The van der Waals surface area contributed by atoms with Gasteiger partial charge < -0.3 is 20.1 Å². The third kappa shape index (κ3) is 1.64. The van der Waals surface area contributed by atoms with Crippen LogP contribution in [0.2, 0.25) is 0 Å². The lowest BCUT2D eigenvalue weighted by Gasteiger charge is -2.39. The molecule has 0 bridgehead atoms. The van der Waals surface area contributed by atoms with E-state index in [1.165, 1.54) is 0 Å². The first-order chi connectivity index (χ1) is 10.4. The minimum absolute atomic E-state index is 0.701. The molecule has 0 amide bonds. The predicted molar refractivity (Wildman–Crippen MR) is 87.7 cm³/mol. The molecule has 114 valence electrons. The first-order valence-electron chi connectivity index (χ1n) is 7.55. The third-order valence-corrected chi connectivity index (χ3v) is 4.73. The van der Waals surface area contributed by atoms with Crippen molar-refractivity contribution in [3.63, 3.8) is 0 Å². The van der Waals surface area contributed by atoms with Crippen LogP contribution in [0.25, 0.3) is 0 Å². The van der Waals surface area contributed by atoms with Crippen molar-refractivity contribution in [1.29, 1.82) is 0 Å². The maximum Gasteiger partial charge on any atom is 0.236 e. The number of nitrogens with one attached hydrogen (secondary N) is 2. The number of rotatable bonds is 1. The number of anilines is 2. The molecule has 2 N–H and O–H groups in total. The highest BCUT2D eigenvalue weighted by Crippen LogP contribution is 2.49. The van der Waals surface area contributed by atoms with Crippen molar-refractivity contribution in [2.75, 3.05) is 10.6 Å². The van der Waals surface area contributed by atoms with Gasteiger partial charge in [-0.15, -0.1) is 0 Å². The Morgan fingerprint density at radius 3 is 1.50 bits per heavy atom. The molecule has 4 heteroatoms. The van der Waals surface area contributed by atoms with E-state index < -0.39 is 11.4 Å². The van der Waals surface area contributed by atoms with E-state index in [1.54, 1.807) is 0 Å². The largest absolute Gasteiger partial charge is 0.460 e. The zero-order valence-corrected chi connectivity index (χ0v) is 13.3. The fourth-order valence-electron chi connectivity index (χ4n) is 3.17. The van der Waals surface area contributed by atoms with Crippen LogP contribution in [-0.4, -0.2) is 11.4 Å². The summed E-state index contributed by atoms with van der Waals surface area (Å²) >= 11 is 0. The quantitative estimate of drug-likeness (QED) is 0.833. The zero-order chi connectivity index (χ0) is 15.5.